The van der Waals surface area contributed by atoms with Crippen molar-refractivity contribution in [2.45, 2.75) is 38.3 Å². The summed E-state index contributed by atoms with van der Waals surface area (Å²) < 4.78 is 5.90. The zero-order chi connectivity index (χ0) is 24.5. The van der Waals surface area contributed by atoms with Crippen LogP contribution in [0, 0.1) is 0 Å². The third-order valence-corrected chi connectivity index (χ3v) is 6.92. The third-order valence-electron chi connectivity index (χ3n) is 6.18. The molecule has 4 rings (SSSR count). The highest BCUT2D eigenvalue weighted by Gasteiger charge is 2.14. The van der Waals surface area contributed by atoms with Crippen molar-refractivity contribution >= 4 is 35.6 Å². The number of benzene rings is 4. The summed E-state index contributed by atoms with van der Waals surface area (Å²) in [6.07, 6.45) is 2.02. The van der Waals surface area contributed by atoms with E-state index in [-0.39, 0.29) is 12.4 Å². The van der Waals surface area contributed by atoms with E-state index in [1.165, 1.54) is 16.7 Å². The fourth-order valence-electron chi connectivity index (χ4n) is 4.31. The number of hydrogen-bond acceptors (Lipinski definition) is 2. The number of nitrogens with one attached hydrogen (secondary N) is 1. The van der Waals surface area contributed by atoms with E-state index in [0.29, 0.717) is 28.6 Å². The highest BCUT2D eigenvalue weighted by Crippen LogP contribution is 2.27. The van der Waals surface area contributed by atoms with Crippen LogP contribution in [-0.2, 0) is 13.0 Å². The first-order chi connectivity index (χ1) is 17.1. The molecule has 5 heteroatoms. The molecule has 4 aromatic rings. The summed E-state index contributed by atoms with van der Waals surface area (Å²) in [5.74, 6) is 1.23. The van der Waals surface area contributed by atoms with Gasteiger partial charge in [-0.1, -0.05) is 102 Å². The van der Waals surface area contributed by atoms with Crippen LogP contribution < -0.4 is 10.1 Å². The summed E-state index contributed by atoms with van der Waals surface area (Å²) in [6, 6.07) is 35.8. The molecule has 1 N–H and O–H groups in total. The van der Waals surface area contributed by atoms with E-state index in [1.54, 1.807) is 6.07 Å². The molecular formula is C31H32Cl3NO. The summed E-state index contributed by atoms with van der Waals surface area (Å²) >= 11 is 12.1. The van der Waals surface area contributed by atoms with Gasteiger partial charge in [-0.2, -0.15) is 0 Å². The maximum atomic E-state index is 6.09. The van der Waals surface area contributed by atoms with Gasteiger partial charge < -0.3 is 10.1 Å². The SMILES string of the molecule is CC(Cc1ccc(OCc2ccc(Cl)c(Cl)c2)cc1)NCCC(c1ccccc1)c1ccccc1.Cl. The largest absolute Gasteiger partial charge is 0.489 e. The lowest BCUT2D eigenvalue weighted by molar-refractivity contribution is 0.306. The summed E-state index contributed by atoms with van der Waals surface area (Å²) in [7, 11) is 0. The van der Waals surface area contributed by atoms with E-state index >= 15 is 0 Å². The van der Waals surface area contributed by atoms with Crippen molar-refractivity contribution < 1.29 is 4.74 Å². The summed E-state index contributed by atoms with van der Waals surface area (Å²) in [4.78, 5) is 0. The van der Waals surface area contributed by atoms with Crippen molar-refractivity contribution in [3.8, 4) is 5.75 Å². The molecule has 0 fully saturated rings. The quantitative estimate of drug-likeness (QED) is 0.205. The maximum absolute atomic E-state index is 6.09. The number of rotatable bonds is 11. The zero-order valence-corrected chi connectivity index (χ0v) is 22.7. The Bertz CT molecular complexity index is 1140. The monoisotopic (exact) mass is 539 g/mol. The van der Waals surface area contributed by atoms with Crippen LogP contribution >= 0.6 is 35.6 Å². The molecule has 0 spiro atoms. The second kappa shape index (κ2) is 14.3. The van der Waals surface area contributed by atoms with Gasteiger partial charge >= 0.3 is 0 Å². The Hall–Kier alpha value is -2.49. The molecule has 0 heterocycles. The number of hydrogen-bond donors (Lipinski definition) is 1. The minimum atomic E-state index is 0. The van der Waals surface area contributed by atoms with E-state index in [4.69, 9.17) is 27.9 Å². The molecule has 1 atom stereocenters. The van der Waals surface area contributed by atoms with E-state index in [0.717, 1.165) is 30.7 Å². The molecule has 1 unspecified atom stereocenters. The lowest BCUT2D eigenvalue weighted by atomic mass is 9.88. The van der Waals surface area contributed by atoms with E-state index in [1.807, 2.05) is 24.3 Å². The van der Waals surface area contributed by atoms with Crippen LogP contribution in [0.3, 0.4) is 0 Å². The van der Waals surface area contributed by atoms with Gasteiger partial charge in [0.25, 0.3) is 0 Å². The fourth-order valence-corrected chi connectivity index (χ4v) is 4.63. The first-order valence-corrected chi connectivity index (χ1v) is 12.8. The number of ether oxygens (including phenoxy) is 1. The molecule has 0 radical (unpaired) electrons. The highest BCUT2D eigenvalue weighted by atomic mass is 35.5. The van der Waals surface area contributed by atoms with Gasteiger partial charge in [-0.25, -0.2) is 0 Å². The average Bonchev–Trinajstić information content (AvgIpc) is 2.89. The van der Waals surface area contributed by atoms with Crippen LogP contribution in [0.25, 0.3) is 0 Å². The standard InChI is InChI=1S/C31H31Cl2NO.ClH/c1-23(34-19-18-29(26-8-4-2-5-9-26)27-10-6-3-7-11-27)20-24-12-15-28(16-13-24)35-22-25-14-17-30(32)31(33)21-25;/h2-17,21,23,29,34H,18-20,22H2,1H3;1H. The summed E-state index contributed by atoms with van der Waals surface area (Å²) in [5.41, 5.74) is 5.01. The van der Waals surface area contributed by atoms with Gasteiger partial charge in [-0.15, -0.1) is 12.4 Å². The third kappa shape index (κ3) is 8.28. The second-order valence-corrected chi connectivity index (χ2v) is 9.72. The molecule has 0 aliphatic rings. The summed E-state index contributed by atoms with van der Waals surface area (Å²) in [6.45, 7) is 3.66. The normalized spacial score (nSPS) is 11.7. The molecular weight excluding hydrogens is 509 g/mol. The fraction of sp³-hybridized carbons (Fsp3) is 0.226. The first kappa shape index (κ1) is 28.1. The van der Waals surface area contributed by atoms with Crippen molar-refractivity contribution in [3.05, 3.63) is 135 Å². The minimum absolute atomic E-state index is 0. The molecule has 0 saturated carbocycles. The van der Waals surface area contributed by atoms with Crippen molar-refractivity contribution in [1.82, 2.24) is 5.32 Å². The number of halogens is 3. The Morgan fingerprint density at radius 1 is 0.722 bits per heavy atom. The molecule has 0 aliphatic carbocycles. The lowest BCUT2D eigenvalue weighted by Gasteiger charge is -2.20. The van der Waals surface area contributed by atoms with Gasteiger partial charge in [0.15, 0.2) is 0 Å². The van der Waals surface area contributed by atoms with Crippen molar-refractivity contribution in [2.24, 2.45) is 0 Å². The predicted octanol–water partition coefficient (Wildman–Crippen LogP) is 8.74. The minimum Gasteiger partial charge on any atom is -0.489 e. The van der Waals surface area contributed by atoms with Gasteiger partial charge in [0.2, 0.25) is 0 Å². The lowest BCUT2D eigenvalue weighted by Crippen LogP contribution is -2.30. The van der Waals surface area contributed by atoms with Crippen LogP contribution in [-0.4, -0.2) is 12.6 Å². The van der Waals surface area contributed by atoms with E-state index in [2.05, 4.69) is 85.0 Å². The van der Waals surface area contributed by atoms with Gasteiger partial charge in [0.1, 0.15) is 12.4 Å². The molecule has 4 aromatic carbocycles. The summed E-state index contributed by atoms with van der Waals surface area (Å²) in [5, 5.41) is 4.82. The molecule has 36 heavy (non-hydrogen) atoms. The van der Waals surface area contributed by atoms with Crippen molar-refractivity contribution in [2.75, 3.05) is 6.54 Å². The predicted molar refractivity (Wildman–Crippen MR) is 155 cm³/mol. The Labute approximate surface area is 231 Å². The van der Waals surface area contributed by atoms with E-state index in [9.17, 15) is 0 Å². The van der Waals surface area contributed by atoms with Gasteiger partial charge in [0, 0.05) is 12.0 Å². The van der Waals surface area contributed by atoms with Crippen molar-refractivity contribution in [1.29, 1.82) is 0 Å². The van der Waals surface area contributed by atoms with Gasteiger partial charge in [0.05, 0.1) is 10.0 Å². The molecule has 0 saturated heterocycles. The van der Waals surface area contributed by atoms with Crippen LogP contribution in [0.4, 0.5) is 0 Å². The van der Waals surface area contributed by atoms with Crippen LogP contribution in [0.2, 0.25) is 10.0 Å². The Kier molecular flexibility index (Phi) is 11.2. The molecule has 0 amide bonds. The highest BCUT2D eigenvalue weighted by molar-refractivity contribution is 6.42. The molecule has 188 valence electrons. The average molecular weight is 541 g/mol. The topological polar surface area (TPSA) is 21.3 Å². The molecule has 0 aliphatic heterocycles. The maximum Gasteiger partial charge on any atom is 0.119 e. The van der Waals surface area contributed by atoms with Gasteiger partial charge in [-0.3, -0.25) is 0 Å². The Balaban J connectivity index is 0.00000361. The smallest absolute Gasteiger partial charge is 0.119 e. The van der Waals surface area contributed by atoms with Crippen LogP contribution in [0.15, 0.2) is 103 Å². The molecule has 2 nitrogen and oxygen atoms in total. The molecule has 0 bridgehead atoms. The van der Waals surface area contributed by atoms with Gasteiger partial charge in [-0.05, 0) is 72.8 Å². The van der Waals surface area contributed by atoms with Crippen LogP contribution in [0.1, 0.15) is 41.5 Å². The van der Waals surface area contributed by atoms with E-state index < -0.39 is 0 Å². The molecule has 0 aromatic heterocycles. The van der Waals surface area contributed by atoms with Crippen LogP contribution in [0.5, 0.6) is 5.75 Å². The first-order valence-electron chi connectivity index (χ1n) is 12.1. The zero-order valence-electron chi connectivity index (χ0n) is 20.4. The Morgan fingerprint density at radius 2 is 1.31 bits per heavy atom. The second-order valence-electron chi connectivity index (χ2n) is 8.90. The van der Waals surface area contributed by atoms with Crippen molar-refractivity contribution in [3.63, 3.8) is 0 Å². The Morgan fingerprint density at radius 3 is 1.89 bits per heavy atom.